The van der Waals surface area contributed by atoms with Gasteiger partial charge in [0.1, 0.15) is 0 Å². The van der Waals surface area contributed by atoms with E-state index in [9.17, 15) is 4.79 Å². The summed E-state index contributed by atoms with van der Waals surface area (Å²) in [5, 5.41) is 3.33. The third kappa shape index (κ3) is 5.65. The van der Waals surface area contributed by atoms with Gasteiger partial charge in [-0.2, -0.15) is 0 Å². The van der Waals surface area contributed by atoms with Gasteiger partial charge < -0.3 is 16.0 Å². The van der Waals surface area contributed by atoms with Crippen LogP contribution in [0.3, 0.4) is 0 Å². The summed E-state index contributed by atoms with van der Waals surface area (Å²) in [4.78, 5) is 21.2. The summed E-state index contributed by atoms with van der Waals surface area (Å²) in [6, 6.07) is 0. The van der Waals surface area contributed by atoms with Gasteiger partial charge in [0.05, 0.1) is 6.54 Å². The normalized spacial score (nSPS) is 10.7. The van der Waals surface area contributed by atoms with Crippen molar-refractivity contribution in [2.24, 2.45) is 11.7 Å². The van der Waals surface area contributed by atoms with Crippen LogP contribution in [-0.4, -0.2) is 35.5 Å². The average molecular weight is 265 g/mol. The van der Waals surface area contributed by atoms with Gasteiger partial charge in [0.25, 0.3) is 0 Å². The lowest BCUT2D eigenvalue weighted by Gasteiger charge is -2.18. The first kappa shape index (κ1) is 15.4. The van der Waals surface area contributed by atoms with Crippen molar-refractivity contribution in [2.75, 3.05) is 24.5 Å². The van der Waals surface area contributed by atoms with Crippen LogP contribution in [0.1, 0.15) is 26.3 Å². The summed E-state index contributed by atoms with van der Waals surface area (Å²) in [5.41, 5.74) is 6.21. The molecule has 0 aliphatic heterocycles. The Kier molecular flexibility index (Phi) is 6.21. The molecule has 0 aromatic carbocycles. The maximum absolute atomic E-state index is 10.9. The van der Waals surface area contributed by atoms with Crippen molar-refractivity contribution in [1.29, 1.82) is 0 Å². The first-order chi connectivity index (χ1) is 9.02. The lowest BCUT2D eigenvalue weighted by Crippen LogP contribution is -2.34. The topological polar surface area (TPSA) is 84.1 Å². The molecule has 0 saturated heterocycles. The molecule has 1 amide bonds. The summed E-state index contributed by atoms with van der Waals surface area (Å²) < 4.78 is 0. The van der Waals surface area contributed by atoms with Crippen molar-refractivity contribution >= 4 is 11.9 Å². The minimum absolute atomic E-state index is 0.140. The molecule has 106 valence electrons. The van der Waals surface area contributed by atoms with Crippen molar-refractivity contribution in [3.8, 4) is 0 Å². The molecule has 1 aromatic rings. The van der Waals surface area contributed by atoms with Crippen LogP contribution in [0.15, 0.2) is 12.4 Å². The highest BCUT2D eigenvalue weighted by molar-refractivity contribution is 5.78. The minimum atomic E-state index is -0.381. The predicted octanol–water partition coefficient (Wildman–Crippen LogP) is 0.534. The minimum Gasteiger partial charge on any atom is -0.368 e. The van der Waals surface area contributed by atoms with Gasteiger partial charge >= 0.3 is 0 Å². The van der Waals surface area contributed by atoms with E-state index in [-0.39, 0.29) is 12.5 Å². The number of primary amides is 1. The van der Waals surface area contributed by atoms with Crippen LogP contribution in [0.2, 0.25) is 0 Å². The van der Waals surface area contributed by atoms with E-state index in [0.29, 0.717) is 18.4 Å². The molecule has 0 aliphatic rings. The summed E-state index contributed by atoms with van der Waals surface area (Å²) in [6.45, 7) is 8.76. The van der Waals surface area contributed by atoms with Crippen LogP contribution >= 0.6 is 0 Å². The summed E-state index contributed by atoms with van der Waals surface area (Å²) >= 11 is 0. The van der Waals surface area contributed by atoms with Crippen LogP contribution in [0, 0.1) is 5.92 Å². The Morgan fingerprint density at radius 1 is 1.42 bits per heavy atom. The fourth-order valence-corrected chi connectivity index (χ4v) is 1.62. The van der Waals surface area contributed by atoms with Crippen LogP contribution in [0.5, 0.6) is 0 Å². The largest absolute Gasteiger partial charge is 0.368 e. The summed E-state index contributed by atoms with van der Waals surface area (Å²) in [5.74, 6) is 0.772. The second kappa shape index (κ2) is 7.68. The van der Waals surface area contributed by atoms with E-state index in [0.717, 1.165) is 18.7 Å². The van der Waals surface area contributed by atoms with Gasteiger partial charge in [-0.25, -0.2) is 9.97 Å². The quantitative estimate of drug-likeness (QED) is 0.716. The number of amides is 1. The van der Waals surface area contributed by atoms with Gasteiger partial charge in [-0.3, -0.25) is 4.79 Å². The number of likely N-dealkylation sites (N-methyl/N-ethyl adjacent to an activating group) is 1. The summed E-state index contributed by atoms with van der Waals surface area (Å²) in [7, 11) is 0. The fourth-order valence-electron chi connectivity index (χ4n) is 1.62. The number of hydrogen-bond donors (Lipinski definition) is 2. The Bertz CT molecular complexity index is 391. The fraction of sp³-hybridized carbons (Fsp3) is 0.615. The Balaban J connectivity index is 2.56. The van der Waals surface area contributed by atoms with Gasteiger partial charge in [-0.15, -0.1) is 0 Å². The number of rotatable bonds is 8. The number of hydrogen-bond acceptors (Lipinski definition) is 5. The highest BCUT2D eigenvalue weighted by Crippen LogP contribution is 2.06. The average Bonchev–Trinajstić information content (AvgIpc) is 2.36. The Morgan fingerprint density at radius 2 is 2.05 bits per heavy atom. The van der Waals surface area contributed by atoms with Crippen LogP contribution < -0.4 is 16.0 Å². The standard InChI is InChI=1S/C13H23N5O/c1-4-18(9-12(14)19)13-16-7-11(8-17-13)6-15-5-10(2)3/h7-8,10,15H,4-6,9H2,1-3H3,(H2,14,19). The number of anilines is 1. The van der Waals surface area contributed by atoms with Crippen LogP contribution in [0.4, 0.5) is 5.95 Å². The van der Waals surface area contributed by atoms with Crippen molar-refractivity contribution < 1.29 is 4.79 Å². The van der Waals surface area contributed by atoms with Gasteiger partial charge in [0.15, 0.2) is 0 Å². The molecule has 1 rings (SSSR count). The van der Waals surface area contributed by atoms with E-state index < -0.39 is 0 Å². The highest BCUT2D eigenvalue weighted by atomic mass is 16.1. The molecule has 0 atom stereocenters. The second-order valence-corrected chi connectivity index (χ2v) is 4.90. The Hall–Kier alpha value is -1.69. The smallest absolute Gasteiger partial charge is 0.237 e. The molecule has 1 aromatic heterocycles. The third-order valence-electron chi connectivity index (χ3n) is 2.58. The molecule has 6 heteroatoms. The maximum Gasteiger partial charge on any atom is 0.237 e. The van der Waals surface area contributed by atoms with Crippen molar-refractivity contribution in [2.45, 2.75) is 27.3 Å². The zero-order chi connectivity index (χ0) is 14.3. The zero-order valence-corrected chi connectivity index (χ0v) is 11.9. The van der Waals surface area contributed by atoms with Crippen molar-refractivity contribution in [3.05, 3.63) is 18.0 Å². The monoisotopic (exact) mass is 265 g/mol. The zero-order valence-electron chi connectivity index (χ0n) is 11.9. The number of nitrogens with one attached hydrogen (secondary N) is 1. The Labute approximate surface area is 114 Å². The predicted molar refractivity (Wildman–Crippen MR) is 75.7 cm³/mol. The van der Waals surface area contributed by atoms with Gasteiger partial charge in [0.2, 0.25) is 11.9 Å². The van der Waals surface area contributed by atoms with E-state index in [1.165, 1.54) is 0 Å². The highest BCUT2D eigenvalue weighted by Gasteiger charge is 2.09. The molecule has 19 heavy (non-hydrogen) atoms. The molecule has 0 fully saturated rings. The molecule has 0 aliphatic carbocycles. The number of nitrogens with two attached hydrogens (primary N) is 1. The van der Waals surface area contributed by atoms with E-state index in [2.05, 4.69) is 29.1 Å². The molecule has 0 bridgehead atoms. The van der Waals surface area contributed by atoms with Gasteiger partial charge in [-0.05, 0) is 19.4 Å². The first-order valence-corrected chi connectivity index (χ1v) is 6.57. The number of carbonyl (C=O) groups excluding carboxylic acids is 1. The Morgan fingerprint density at radius 3 is 2.53 bits per heavy atom. The van der Waals surface area contributed by atoms with Crippen LogP contribution in [0.25, 0.3) is 0 Å². The molecule has 0 unspecified atom stereocenters. The maximum atomic E-state index is 10.9. The molecule has 3 N–H and O–H groups in total. The van der Waals surface area contributed by atoms with Crippen molar-refractivity contribution in [3.63, 3.8) is 0 Å². The molecule has 0 radical (unpaired) electrons. The number of aromatic nitrogens is 2. The van der Waals surface area contributed by atoms with E-state index in [4.69, 9.17) is 5.73 Å². The van der Waals surface area contributed by atoms with E-state index in [1.807, 2.05) is 6.92 Å². The first-order valence-electron chi connectivity index (χ1n) is 6.57. The molecule has 0 spiro atoms. The molecular weight excluding hydrogens is 242 g/mol. The molecule has 6 nitrogen and oxygen atoms in total. The second-order valence-electron chi connectivity index (χ2n) is 4.90. The molecule has 0 saturated carbocycles. The van der Waals surface area contributed by atoms with Crippen LogP contribution in [-0.2, 0) is 11.3 Å². The molecular formula is C13H23N5O. The lowest BCUT2D eigenvalue weighted by atomic mass is 10.2. The summed E-state index contributed by atoms with van der Waals surface area (Å²) in [6.07, 6.45) is 3.55. The third-order valence-corrected chi connectivity index (χ3v) is 2.58. The number of nitrogens with zero attached hydrogens (tertiary/aromatic N) is 3. The number of carbonyl (C=O) groups is 1. The molecule has 1 heterocycles. The van der Waals surface area contributed by atoms with Crippen molar-refractivity contribution in [1.82, 2.24) is 15.3 Å². The SMILES string of the molecule is CCN(CC(N)=O)c1ncc(CNCC(C)C)cn1. The van der Waals surface area contributed by atoms with E-state index in [1.54, 1.807) is 17.3 Å². The van der Waals surface area contributed by atoms with Gasteiger partial charge in [0, 0.05) is 31.0 Å². The van der Waals surface area contributed by atoms with Gasteiger partial charge in [-0.1, -0.05) is 13.8 Å². The lowest BCUT2D eigenvalue weighted by molar-refractivity contribution is -0.116. The van der Waals surface area contributed by atoms with E-state index >= 15 is 0 Å².